The summed E-state index contributed by atoms with van der Waals surface area (Å²) in [5.41, 5.74) is 3.08. The third kappa shape index (κ3) is 3.58. The number of hydrogen-bond donors (Lipinski definition) is 1. The van der Waals surface area contributed by atoms with Crippen LogP contribution in [0.5, 0.6) is 0 Å². The summed E-state index contributed by atoms with van der Waals surface area (Å²) in [6.07, 6.45) is 7.23. The average Bonchev–Trinajstić information content (AvgIpc) is 3.04. The molecule has 0 unspecified atom stereocenters. The van der Waals surface area contributed by atoms with E-state index in [1.165, 1.54) is 36.9 Å². The number of unbranched alkanes of at least 4 members (excludes halogenated alkanes) is 1. The predicted molar refractivity (Wildman–Crippen MR) is 75.7 cm³/mol. The van der Waals surface area contributed by atoms with Crippen molar-refractivity contribution in [2.24, 2.45) is 0 Å². The van der Waals surface area contributed by atoms with Gasteiger partial charge in [-0.15, -0.1) is 0 Å². The highest BCUT2D eigenvalue weighted by molar-refractivity contribution is 5.25. The molecule has 1 aliphatic carbocycles. The topological polar surface area (TPSA) is 29.9 Å². The maximum Gasteiger partial charge on any atom is 0.0537 e. The van der Waals surface area contributed by atoms with E-state index in [1.807, 2.05) is 0 Å². The van der Waals surface area contributed by atoms with Crippen molar-refractivity contribution in [3.63, 3.8) is 0 Å². The van der Waals surface area contributed by atoms with Crippen LogP contribution >= 0.6 is 0 Å². The van der Waals surface area contributed by atoms with Gasteiger partial charge in [-0.2, -0.15) is 5.10 Å². The summed E-state index contributed by atoms with van der Waals surface area (Å²) in [6, 6.07) is 0. The van der Waals surface area contributed by atoms with Gasteiger partial charge in [0.25, 0.3) is 0 Å². The number of rotatable bonds is 6. The molecule has 1 aromatic heterocycles. The second kappa shape index (κ2) is 5.43. The molecular weight excluding hydrogens is 222 g/mol. The molecule has 18 heavy (non-hydrogen) atoms. The lowest BCUT2D eigenvalue weighted by Crippen LogP contribution is -2.35. The third-order valence-electron chi connectivity index (χ3n) is 3.46. The lowest BCUT2D eigenvalue weighted by Gasteiger charge is -2.20. The average molecular weight is 249 g/mol. The summed E-state index contributed by atoms with van der Waals surface area (Å²) in [7, 11) is 0. The van der Waals surface area contributed by atoms with Crippen molar-refractivity contribution >= 4 is 0 Å². The summed E-state index contributed by atoms with van der Waals surface area (Å²) in [4.78, 5) is 0. The van der Waals surface area contributed by atoms with Crippen molar-refractivity contribution in [1.82, 2.24) is 15.1 Å². The lowest BCUT2D eigenvalue weighted by atomic mass is 10.1. The number of aryl methyl sites for hydroxylation is 1. The normalized spacial score (nSPS) is 16.2. The first-order chi connectivity index (χ1) is 8.51. The predicted octanol–water partition coefficient (Wildman–Crippen LogP) is 3.45. The maximum absolute atomic E-state index is 4.59. The van der Waals surface area contributed by atoms with Crippen LogP contribution in [0.3, 0.4) is 0 Å². The highest BCUT2D eigenvalue weighted by Crippen LogP contribution is 2.41. The van der Waals surface area contributed by atoms with Crippen LogP contribution in [0.4, 0.5) is 0 Å². The Morgan fingerprint density at radius 1 is 1.39 bits per heavy atom. The summed E-state index contributed by atoms with van der Waals surface area (Å²) in [6.45, 7) is 10.9. The van der Waals surface area contributed by atoms with E-state index in [0.29, 0.717) is 0 Å². The van der Waals surface area contributed by atoms with Crippen LogP contribution in [-0.4, -0.2) is 15.3 Å². The summed E-state index contributed by atoms with van der Waals surface area (Å²) in [5, 5.41) is 8.17. The second-order valence-electron chi connectivity index (χ2n) is 6.51. The standard InChI is InChI=1S/C15H27N3/c1-5-6-9-18-14(12-7-8-12)13(11-17-18)10-16-15(2,3)4/h11-12,16H,5-10H2,1-4H3. The first-order valence-corrected chi connectivity index (χ1v) is 7.31. The molecule has 2 rings (SSSR count). The van der Waals surface area contributed by atoms with E-state index in [2.05, 4.69) is 49.0 Å². The Bertz CT molecular complexity index is 383. The molecule has 0 atom stereocenters. The fourth-order valence-corrected chi connectivity index (χ4v) is 2.25. The van der Waals surface area contributed by atoms with Crippen molar-refractivity contribution < 1.29 is 0 Å². The molecule has 0 spiro atoms. The van der Waals surface area contributed by atoms with E-state index in [4.69, 9.17) is 0 Å². The molecule has 3 nitrogen and oxygen atoms in total. The number of aromatic nitrogens is 2. The maximum atomic E-state index is 4.59. The van der Waals surface area contributed by atoms with Crippen LogP contribution in [-0.2, 0) is 13.1 Å². The van der Waals surface area contributed by atoms with Gasteiger partial charge in [-0.25, -0.2) is 0 Å². The van der Waals surface area contributed by atoms with E-state index in [1.54, 1.807) is 0 Å². The van der Waals surface area contributed by atoms with Crippen molar-refractivity contribution in [1.29, 1.82) is 0 Å². The Kier molecular flexibility index (Phi) is 4.10. The van der Waals surface area contributed by atoms with Crippen molar-refractivity contribution in [3.05, 3.63) is 17.5 Å². The highest BCUT2D eigenvalue weighted by Gasteiger charge is 2.30. The largest absolute Gasteiger partial charge is 0.308 e. The molecule has 1 aromatic rings. The van der Waals surface area contributed by atoms with Gasteiger partial charge in [0.15, 0.2) is 0 Å². The first-order valence-electron chi connectivity index (χ1n) is 7.31. The minimum atomic E-state index is 0.173. The minimum Gasteiger partial charge on any atom is -0.308 e. The monoisotopic (exact) mass is 249 g/mol. The van der Waals surface area contributed by atoms with Gasteiger partial charge < -0.3 is 5.32 Å². The Labute approximate surface area is 111 Å². The SMILES string of the molecule is CCCCn1ncc(CNC(C)(C)C)c1C1CC1. The van der Waals surface area contributed by atoms with Crippen molar-refractivity contribution in [3.8, 4) is 0 Å². The quantitative estimate of drug-likeness (QED) is 0.837. The molecule has 0 saturated heterocycles. The Balaban J connectivity index is 2.07. The number of nitrogens with zero attached hydrogens (tertiary/aromatic N) is 2. The van der Waals surface area contributed by atoms with Gasteiger partial charge in [-0.05, 0) is 40.0 Å². The molecule has 102 valence electrons. The van der Waals surface area contributed by atoms with Gasteiger partial charge in [0.05, 0.1) is 6.20 Å². The zero-order chi connectivity index (χ0) is 13.2. The van der Waals surface area contributed by atoms with Gasteiger partial charge in [0.2, 0.25) is 0 Å². The lowest BCUT2D eigenvalue weighted by molar-refractivity contribution is 0.423. The fraction of sp³-hybridized carbons (Fsp3) is 0.800. The Hall–Kier alpha value is -0.830. The van der Waals surface area contributed by atoms with Crippen LogP contribution in [0.25, 0.3) is 0 Å². The van der Waals surface area contributed by atoms with Crippen LogP contribution in [0.1, 0.15) is 70.6 Å². The van der Waals surface area contributed by atoms with Crippen LogP contribution in [0.15, 0.2) is 6.20 Å². The van der Waals surface area contributed by atoms with E-state index >= 15 is 0 Å². The van der Waals surface area contributed by atoms with Crippen LogP contribution < -0.4 is 5.32 Å². The smallest absolute Gasteiger partial charge is 0.0537 e. The van der Waals surface area contributed by atoms with Gasteiger partial charge in [-0.3, -0.25) is 4.68 Å². The Morgan fingerprint density at radius 2 is 2.11 bits per heavy atom. The highest BCUT2D eigenvalue weighted by atomic mass is 15.3. The zero-order valence-corrected chi connectivity index (χ0v) is 12.3. The molecule has 3 heteroatoms. The molecule has 0 radical (unpaired) electrons. The molecule has 0 aromatic carbocycles. The summed E-state index contributed by atoms with van der Waals surface area (Å²) in [5.74, 6) is 0.779. The third-order valence-corrected chi connectivity index (χ3v) is 3.46. The molecule has 1 N–H and O–H groups in total. The number of hydrogen-bond acceptors (Lipinski definition) is 2. The molecule has 1 aliphatic rings. The molecule has 1 fully saturated rings. The van der Waals surface area contributed by atoms with Gasteiger partial charge in [-0.1, -0.05) is 13.3 Å². The first kappa shape index (κ1) is 13.6. The molecule has 1 heterocycles. The molecule has 0 amide bonds. The Morgan fingerprint density at radius 3 is 2.67 bits per heavy atom. The summed E-state index contributed by atoms with van der Waals surface area (Å²) < 4.78 is 2.25. The van der Waals surface area contributed by atoms with E-state index in [-0.39, 0.29) is 5.54 Å². The zero-order valence-electron chi connectivity index (χ0n) is 12.3. The number of nitrogens with one attached hydrogen (secondary N) is 1. The minimum absolute atomic E-state index is 0.173. The van der Waals surface area contributed by atoms with Crippen molar-refractivity contribution in [2.75, 3.05) is 0 Å². The summed E-state index contributed by atoms with van der Waals surface area (Å²) >= 11 is 0. The van der Waals surface area contributed by atoms with Crippen LogP contribution in [0, 0.1) is 0 Å². The van der Waals surface area contributed by atoms with Gasteiger partial charge >= 0.3 is 0 Å². The van der Waals surface area contributed by atoms with E-state index in [0.717, 1.165) is 19.0 Å². The molecule has 0 aliphatic heterocycles. The van der Waals surface area contributed by atoms with Crippen LogP contribution in [0.2, 0.25) is 0 Å². The van der Waals surface area contributed by atoms with Gasteiger partial charge in [0.1, 0.15) is 0 Å². The van der Waals surface area contributed by atoms with E-state index in [9.17, 15) is 0 Å². The molecule has 0 bridgehead atoms. The molecule has 1 saturated carbocycles. The fourth-order valence-electron chi connectivity index (χ4n) is 2.25. The molecular formula is C15H27N3. The van der Waals surface area contributed by atoms with Gasteiger partial charge in [0, 0.05) is 35.8 Å². The van der Waals surface area contributed by atoms with E-state index < -0.39 is 0 Å². The second-order valence-corrected chi connectivity index (χ2v) is 6.51. The van der Waals surface area contributed by atoms with Crippen molar-refractivity contribution in [2.45, 2.75) is 77.9 Å².